The highest BCUT2D eigenvalue weighted by Crippen LogP contribution is 2.25. The minimum Gasteiger partial charge on any atom is -0.318 e. The molecular weight excluding hydrogens is 318 g/mol. The third-order valence-corrected chi connectivity index (χ3v) is 4.67. The van der Waals surface area contributed by atoms with Gasteiger partial charge in [0.1, 0.15) is 0 Å². The van der Waals surface area contributed by atoms with Crippen LogP contribution < -0.4 is 11.1 Å². The maximum atomic E-state index is 12.2. The Balaban J connectivity index is 2.03. The molecule has 1 unspecified atom stereocenters. The van der Waals surface area contributed by atoms with Crippen LogP contribution in [-0.2, 0) is 11.2 Å². The van der Waals surface area contributed by atoms with Gasteiger partial charge in [-0.15, -0.1) is 11.3 Å². The Labute approximate surface area is 139 Å². The van der Waals surface area contributed by atoms with E-state index in [2.05, 4.69) is 10.3 Å². The molecule has 1 heterocycles. The van der Waals surface area contributed by atoms with Crippen molar-refractivity contribution < 1.29 is 4.79 Å². The number of nitrogens with one attached hydrogen (secondary N) is 1. The smallest absolute Gasteiger partial charge is 0.245 e. The SMILES string of the molecule is CCCC(C)(N)C(=O)Nc1ncc(Cc2ccccc2Cl)s1. The van der Waals surface area contributed by atoms with Crippen LogP contribution in [0.5, 0.6) is 0 Å². The lowest BCUT2D eigenvalue weighted by molar-refractivity contribution is -0.120. The molecule has 3 N–H and O–H groups in total. The van der Waals surface area contributed by atoms with E-state index in [1.807, 2.05) is 31.2 Å². The molecule has 1 atom stereocenters. The standard InChI is InChI=1S/C16H20ClN3OS/c1-3-8-16(2,18)14(21)20-15-19-10-12(22-15)9-11-6-4-5-7-13(11)17/h4-7,10H,3,8-9,18H2,1-2H3,(H,19,20,21). The number of benzene rings is 1. The van der Waals surface area contributed by atoms with Crippen molar-refractivity contribution in [2.45, 2.75) is 38.6 Å². The molecular formula is C16H20ClN3OS. The summed E-state index contributed by atoms with van der Waals surface area (Å²) in [5.41, 5.74) is 6.19. The van der Waals surface area contributed by atoms with Crippen LogP contribution >= 0.6 is 22.9 Å². The molecule has 0 aliphatic carbocycles. The molecule has 1 aromatic heterocycles. The van der Waals surface area contributed by atoms with Gasteiger partial charge in [-0.1, -0.05) is 43.1 Å². The Morgan fingerprint density at radius 2 is 2.18 bits per heavy atom. The number of aromatic nitrogens is 1. The highest BCUT2D eigenvalue weighted by atomic mass is 35.5. The molecule has 0 saturated heterocycles. The first-order valence-electron chi connectivity index (χ1n) is 7.21. The minimum absolute atomic E-state index is 0.201. The number of rotatable bonds is 6. The van der Waals surface area contributed by atoms with Crippen LogP contribution in [0.15, 0.2) is 30.5 Å². The molecule has 0 fully saturated rings. The monoisotopic (exact) mass is 337 g/mol. The Bertz CT molecular complexity index is 654. The van der Waals surface area contributed by atoms with Crippen molar-refractivity contribution in [1.82, 2.24) is 4.98 Å². The largest absolute Gasteiger partial charge is 0.318 e. The number of hydrogen-bond donors (Lipinski definition) is 2. The lowest BCUT2D eigenvalue weighted by Crippen LogP contribution is -2.48. The molecule has 4 nitrogen and oxygen atoms in total. The molecule has 2 aromatic rings. The van der Waals surface area contributed by atoms with Crippen LogP contribution in [0.4, 0.5) is 5.13 Å². The number of amides is 1. The normalized spacial score (nSPS) is 13.6. The third kappa shape index (κ3) is 4.29. The number of halogens is 1. The Hall–Kier alpha value is -1.43. The third-order valence-electron chi connectivity index (χ3n) is 3.38. The molecule has 1 aromatic carbocycles. The molecule has 22 heavy (non-hydrogen) atoms. The van der Waals surface area contributed by atoms with E-state index >= 15 is 0 Å². The second-order valence-electron chi connectivity index (χ2n) is 5.52. The Kier molecular flexibility index (Phi) is 5.56. The lowest BCUT2D eigenvalue weighted by atomic mass is 9.97. The van der Waals surface area contributed by atoms with Crippen molar-refractivity contribution >= 4 is 34.0 Å². The van der Waals surface area contributed by atoms with Gasteiger partial charge in [0.05, 0.1) is 5.54 Å². The summed E-state index contributed by atoms with van der Waals surface area (Å²) in [6.45, 7) is 3.74. The van der Waals surface area contributed by atoms with Gasteiger partial charge < -0.3 is 11.1 Å². The fourth-order valence-corrected chi connectivity index (χ4v) is 3.18. The summed E-state index contributed by atoms with van der Waals surface area (Å²) < 4.78 is 0. The molecule has 0 radical (unpaired) electrons. The summed E-state index contributed by atoms with van der Waals surface area (Å²) >= 11 is 7.60. The number of nitrogens with two attached hydrogens (primary N) is 1. The molecule has 0 spiro atoms. The van der Waals surface area contributed by atoms with Gasteiger partial charge in [-0.2, -0.15) is 0 Å². The maximum Gasteiger partial charge on any atom is 0.245 e. The zero-order chi connectivity index (χ0) is 16.2. The van der Waals surface area contributed by atoms with Gasteiger partial charge in [0, 0.05) is 22.5 Å². The van der Waals surface area contributed by atoms with E-state index in [1.54, 1.807) is 13.1 Å². The first-order valence-corrected chi connectivity index (χ1v) is 8.40. The second-order valence-corrected chi connectivity index (χ2v) is 7.04. The van der Waals surface area contributed by atoms with Crippen LogP contribution in [0.25, 0.3) is 0 Å². The number of nitrogens with zero attached hydrogens (tertiary/aromatic N) is 1. The topological polar surface area (TPSA) is 68.0 Å². The van der Waals surface area contributed by atoms with E-state index in [4.69, 9.17) is 17.3 Å². The highest BCUT2D eigenvalue weighted by Gasteiger charge is 2.27. The first-order chi connectivity index (χ1) is 10.4. The molecule has 6 heteroatoms. The molecule has 1 amide bonds. The van der Waals surface area contributed by atoms with E-state index in [-0.39, 0.29) is 5.91 Å². The van der Waals surface area contributed by atoms with Crippen molar-refractivity contribution in [3.63, 3.8) is 0 Å². The van der Waals surface area contributed by atoms with E-state index in [0.29, 0.717) is 18.0 Å². The van der Waals surface area contributed by atoms with Crippen LogP contribution in [0, 0.1) is 0 Å². The second kappa shape index (κ2) is 7.22. The van der Waals surface area contributed by atoms with Crippen molar-refractivity contribution in [2.24, 2.45) is 5.73 Å². The fraction of sp³-hybridized carbons (Fsp3) is 0.375. The van der Waals surface area contributed by atoms with Crippen molar-refractivity contribution in [2.75, 3.05) is 5.32 Å². The fourth-order valence-electron chi connectivity index (χ4n) is 2.15. The number of carbonyl (C=O) groups excluding carboxylic acids is 1. The summed E-state index contributed by atoms with van der Waals surface area (Å²) in [6.07, 6.45) is 3.95. The summed E-state index contributed by atoms with van der Waals surface area (Å²) in [5, 5.41) is 4.10. The Morgan fingerprint density at radius 1 is 1.45 bits per heavy atom. The average Bonchev–Trinajstić information content (AvgIpc) is 2.88. The molecule has 0 aliphatic rings. The van der Waals surface area contributed by atoms with E-state index in [9.17, 15) is 4.79 Å². The van der Waals surface area contributed by atoms with Gasteiger partial charge in [0.2, 0.25) is 5.91 Å². The number of thiazole rings is 1. The van der Waals surface area contributed by atoms with Crippen LogP contribution in [0.1, 0.15) is 37.1 Å². The van der Waals surface area contributed by atoms with Crippen LogP contribution in [0.3, 0.4) is 0 Å². The van der Waals surface area contributed by atoms with Gasteiger partial charge in [-0.25, -0.2) is 4.98 Å². The summed E-state index contributed by atoms with van der Waals surface area (Å²) in [4.78, 5) is 17.4. The zero-order valence-electron chi connectivity index (χ0n) is 12.7. The van der Waals surface area contributed by atoms with Crippen molar-refractivity contribution in [1.29, 1.82) is 0 Å². The van der Waals surface area contributed by atoms with Gasteiger partial charge in [-0.05, 0) is 25.0 Å². The number of anilines is 1. The predicted molar refractivity (Wildman–Crippen MR) is 92.5 cm³/mol. The molecule has 0 saturated carbocycles. The van der Waals surface area contributed by atoms with E-state index < -0.39 is 5.54 Å². The quantitative estimate of drug-likeness (QED) is 0.841. The van der Waals surface area contributed by atoms with Crippen LogP contribution in [-0.4, -0.2) is 16.4 Å². The van der Waals surface area contributed by atoms with Crippen LogP contribution in [0.2, 0.25) is 5.02 Å². The Morgan fingerprint density at radius 3 is 2.86 bits per heavy atom. The van der Waals surface area contributed by atoms with E-state index in [1.165, 1.54) is 11.3 Å². The summed E-state index contributed by atoms with van der Waals surface area (Å²) in [5.74, 6) is -0.201. The highest BCUT2D eigenvalue weighted by molar-refractivity contribution is 7.15. The van der Waals surface area contributed by atoms with Crippen molar-refractivity contribution in [3.05, 3.63) is 45.9 Å². The maximum absolute atomic E-state index is 12.2. The molecule has 0 bridgehead atoms. The van der Waals surface area contributed by atoms with E-state index in [0.717, 1.165) is 21.9 Å². The lowest BCUT2D eigenvalue weighted by Gasteiger charge is -2.21. The van der Waals surface area contributed by atoms with Gasteiger partial charge in [-0.3, -0.25) is 4.79 Å². The van der Waals surface area contributed by atoms with Crippen molar-refractivity contribution in [3.8, 4) is 0 Å². The first kappa shape index (κ1) is 16.9. The summed E-state index contributed by atoms with van der Waals surface area (Å²) in [6, 6.07) is 7.71. The number of carbonyl (C=O) groups is 1. The minimum atomic E-state index is -0.872. The molecule has 2 rings (SSSR count). The molecule has 0 aliphatic heterocycles. The molecule has 118 valence electrons. The van der Waals surface area contributed by atoms with Gasteiger partial charge in [0.25, 0.3) is 0 Å². The van der Waals surface area contributed by atoms with Gasteiger partial charge in [0.15, 0.2) is 5.13 Å². The predicted octanol–water partition coefficient (Wildman–Crippen LogP) is 3.84. The zero-order valence-corrected chi connectivity index (χ0v) is 14.3. The summed E-state index contributed by atoms with van der Waals surface area (Å²) in [7, 11) is 0. The number of hydrogen-bond acceptors (Lipinski definition) is 4. The van der Waals surface area contributed by atoms with Gasteiger partial charge >= 0.3 is 0 Å². The average molecular weight is 338 g/mol.